The summed E-state index contributed by atoms with van der Waals surface area (Å²) < 4.78 is 16.6. The lowest BCUT2D eigenvalue weighted by atomic mass is 10.0. The Labute approximate surface area is 296 Å². The standard InChI is InChI=1S/C41H75NO6/c1-5-7-9-11-13-21-27-36-46-39(43)32-25-19-15-17-23-30-38(48-41(45)34-29-35-42(3)4)31-24-18-16-20-26-33-40(44)47-37-28-22-14-12-10-8-6-2/h21-22,27-28,38H,5-20,23-26,29-37H2,1-4H3/b27-21-,28-22-. The van der Waals surface area contributed by atoms with Crippen molar-refractivity contribution in [2.24, 2.45) is 0 Å². The average molecular weight is 678 g/mol. The van der Waals surface area contributed by atoms with Crippen LogP contribution in [-0.4, -0.2) is 62.8 Å². The van der Waals surface area contributed by atoms with Gasteiger partial charge < -0.3 is 19.1 Å². The molecule has 0 aromatic heterocycles. The van der Waals surface area contributed by atoms with E-state index in [9.17, 15) is 14.4 Å². The van der Waals surface area contributed by atoms with Crippen molar-refractivity contribution >= 4 is 17.9 Å². The number of hydrogen-bond donors (Lipinski definition) is 0. The predicted molar refractivity (Wildman–Crippen MR) is 200 cm³/mol. The van der Waals surface area contributed by atoms with Crippen LogP contribution < -0.4 is 0 Å². The van der Waals surface area contributed by atoms with Crippen LogP contribution >= 0.6 is 0 Å². The maximum Gasteiger partial charge on any atom is 0.306 e. The Morgan fingerprint density at radius 3 is 1.38 bits per heavy atom. The van der Waals surface area contributed by atoms with Gasteiger partial charge in [0, 0.05) is 19.3 Å². The molecular formula is C41H75NO6. The Kier molecular flexibility index (Phi) is 34.5. The van der Waals surface area contributed by atoms with E-state index in [2.05, 4.69) is 30.9 Å². The Bertz CT molecular complexity index is 757. The summed E-state index contributed by atoms with van der Waals surface area (Å²) in [6.45, 7) is 6.08. The fraction of sp³-hybridized carbons (Fsp3) is 0.829. The van der Waals surface area contributed by atoms with E-state index in [1.165, 1.54) is 51.4 Å². The zero-order chi connectivity index (χ0) is 35.3. The van der Waals surface area contributed by atoms with Crippen LogP contribution in [0.4, 0.5) is 0 Å². The molecule has 7 heteroatoms. The lowest BCUT2D eigenvalue weighted by molar-refractivity contribution is -0.150. The number of carbonyl (C=O) groups excluding carboxylic acids is 3. The van der Waals surface area contributed by atoms with Crippen LogP contribution in [0.25, 0.3) is 0 Å². The maximum absolute atomic E-state index is 12.5. The number of esters is 3. The molecule has 0 aliphatic rings. The van der Waals surface area contributed by atoms with Crippen LogP contribution in [0.2, 0.25) is 0 Å². The molecule has 0 bridgehead atoms. The van der Waals surface area contributed by atoms with Gasteiger partial charge in [-0.25, -0.2) is 0 Å². The van der Waals surface area contributed by atoms with Gasteiger partial charge in [-0.3, -0.25) is 14.4 Å². The van der Waals surface area contributed by atoms with E-state index in [4.69, 9.17) is 14.2 Å². The van der Waals surface area contributed by atoms with Crippen LogP contribution in [0.5, 0.6) is 0 Å². The van der Waals surface area contributed by atoms with Gasteiger partial charge in [-0.1, -0.05) is 115 Å². The fourth-order valence-corrected chi connectivity index (χ4v) is 5.57. The molecule has 0 rings (SSSR count). The van der Waals surface area contributed by atoms with Crippen molar-refractivity contribution in [1.29, 1.82) is 0 Å². The Morgan fingerprint density at radius 2 is 0.917 bits per heavy atom. The summed E-state index contributed by atoms with van der Waals surface area (Å²) in [5.41, 5.74) is 0. The van der Waals surface area contributed by atoms with E-state index in [0.717, 1.165) is 103 Å². The van der Waals surface area contributed by atoms with E-state index in [0.29, 0.717) is 32.5 Å². The minimum absolute atomic E-state index is 0.0267. The monoisotopic (exact) mass is 678 g/mol. The van der Waals surface area contributed by atoms with Gasteiger partial charge in [0.1, 0.15) is 19.3 Å². The summed E-state index contributed by atoms with van der Waals surface area (Å²) in [5.74, 6) is -0.303. The average Bonchev–Trinajstić information content (AvgIpc) is 3.05. The molecule has 0 unspecified atom stereocenters. The van der Waals surface area contributed by atoms with Crippen molar-refractivity contribution < 1.29 is 28.6 Å². The molecule has 0 N–H and O–H groups in total. The topological polar surface area (TPSA) is 82.1 Å². The zero-order valence-corrected chi connectivity index (χ0v) is 31.8. The Morgan fingerprint density at radius 1 is 0.500 bits per heavy atom. The first kappa shape index (κ1) is 45.9. The largest absolute Gasteiger partial charge is 0.462 e. The first-order valence-electron chi connectivity index (χ1n) is 19.8. The van der Waals surface area contributed by atoms with Gasteiger partial charge in [0.15, 0.2) is 0 Å². The van der Waals surface area contributed by atoms with Crippen LogP contribution in [0.15, 0.2) is 24.3 Å². The zero-order valence-electron chi connectivity index (χ0n) is 31.8. The Balaban J connectivity index is 4.11. The smallest absolute Gasteiger partial charge is 0.306 e. The highest BCUT2D eigenvalue weighted by Crippen LogP contribution is 2.18. The van der Waals surface area contributed by atoms with Crippen LogP contribution in [0.3, 0.4) is 0 Å². The van der Waals surface area contributed by atoms with Crippen molar-refractivity contribution in [2.75, 3.05) is 33.9 Å². The minimum Gasteiger partial charge on any atom is -0.462 e. The minimum atomic E-state index is -0.108. The maximum atomic E-state index is 12.5. The summed E-state index contributed by atoms with van der Waals surface area (Å²) in [6, 6.07) is 0. The van der Waals surface area contributed by atoms with Gasteiger partial charge in [0.25, 0.3) is 0 Å². The molecule has 0 aromatic rings. The summed E-state index contributed by atoms with van der Waals surface area (Å²) in [5, 5.41) is 0. The molecule has 0 amide bonds. The highest BCUT2D eigenvalue weighted by molar-refractivity contribution is 5.70. The molecule has 0 heterocycles. The molecule has 0 radical (unpaired) electrons. The van der Waals surface area contributed by atoms with E-state index < -0.39 is 0 Å². The SMILES string of the molecule is CCCCCC/C=C\COC(=O)CCCCCCCC(CCCCCCCC(=O)OC/C=C\CCCCCC)OC(=O)CCCN(C)C. The molecule has 0 fully saturated rings. The second kappa shape index (κ2) is 36.1. The van der Waals surface area contributed by atoms with E-state index in [1.54, 1.807) is 0 Å². The van der Waals surface area contributed by atoms with Gasteiger partial charge in [-0.05, 0) is 91.3 Å². The highest BCUT2D eigenvalue weighted by Gasteiger charge is 2.14. The van der Waals surface area contributed by atoms with Crippen molar-refractivity contribution in [3.8, 4) is 0 Å². The van der Waals surface area contributed by atoms with E-state index in [-0.39, 0.29) is 24.0 Å². The van der Waals surface area contributed by atoms with Crippen molar-refractivity contribution in [3.05, 3.63) is 24.3 Å². The number of carbonyl (C=O) groups is 3. The summed E-state index contributed by atoms with van der Waals surface area (Å²) in [4.78, 5) is 38.6. The van der Waals surface area contributed by atoms with Gasteiger partial charge in [0.2, 0.25) is 0 Å². The fourth-order valence-electron chi connectivity index (χ4n) is 5.57. The van der Waals surface area contributed by atoms with Gasteiger partial charge in [0.05, 0.1) is 0 Å². The molecule has 0 saturated carbocycles. The van der Waals surface area contributed by atoms with Gasteiger partial charge in [-0.15, -0.1) is 0 Å². The summed E-state index contributed by atoms with van der Waals surface area (Å²) >= 11 is 0. The number of nitrogens with zero attached hydrogens (tertiary/aromatic N) is 1. The molecule has 7 nitrogen and oxygen atoms in total. The lowest BCUT2D eigenvalue weighted by Crippen LogP contribution is -2.20. The molecule has 0 aliphatic heterocycles. The molecule has 0 aromatic carbocycles. The van der Waals surface area contributed by atoms with Gasteiger partial charge in [-0.2, -0.15) is 0 Å². The summed E-state index contributed by atoms with van der Waals surface area (Å²) in [7, 11) is 4.03. The Hall–Kier alpha value is -2.15. The molecular weight excluding hydrogens is 602 g/mol. The van der Waals surface area contributed by atoms with Crippen molar-refractivity contribution in [1.82, 2.24) is 4.90 Å². The van der Waals surface area contributed by atoms with E-state index in [1.807, 2.05) is 26.2 Å². The molecule has 0 aliphatic carbocycles. The second-order valence-electron chi connectivity index (χ2n) is 13.6. The molecule has 0 spiro atoms. The van der Waals surface area contributed by atoms with Crippen LogP contribution in [0.1, 0.15) is 181 Å². The third-order valence-electron chi connectivity index (χ3n) is 8.56. The number of ether oxygens (including phenoxy) is 3. The van der Waals surface area contributed by atoms with Crippen LogP contribution in [-0.2, 0) is 28.6 Å². The molecule has 0 saturated heterocycles. The lowest BCUT2D eigenvalue weighted by Gasteiger charge is -2.18. The second-order valence-corrected chi connectivity index (χ2v) is 13.6. The van der Waals surface area contributed by atoms with E-state index >= 15 is 0 Å². The highest BCUT2D eigenvalue weighted by atomic mass is 16.5. The first-order valence-corrected chi connectivity index (χ1v) is 19.8. The van der Waals surface area contributed by atoms with Crippen molar-refractivity contribution in [2.45, 2.75) is 187 Å². The predicted octanol–water partition coefficient (Wildman–Crippen LogP) is 10.8. The molecule has 48 heavy (non-hydrogen) atoms. The van der Waals surface area contributed by atoms with Crippen LogP contribution in [0, 0.1) is 0 Å². The first-order chi connectivity index (χ1) is 23.4. The summed E-state index contributed by atoms with van der Waals surface area (Å²) in [6.07, 6.45) is 34.4. The molecule has 0 atom stereocenters. The normalized spacial score (nSPS) is 11.7. The number of rotatable bonds is 35. The third kappa shape index (κ3) is 35.2. The van der Waals surface area contributed by atoms with Crippen molar-refractivity contribution in [3.63, 3.8) is 0 Å². The van der Waals surface area contributed by atoms with Gasteiger partial charge >= 0.3 is 17.9 Å². The third-order valence-corrected chi connectivity index (χ3v) is 8.56. The number of unbranched alkanes of at least 4 members (excludes halogenated alkanes) is 16. The number of hydrogen-bond acceptors (Lipinski definition) is 7. The molecule has 280 valence electrons. The quantitative estimate of drug-likeness (QED) is 0.0286. The number of allylic oxidation sites excluding steroid dienone is 2.